The smallest absolute Gasteiger partial charge is 0.331 e. The van der Waals surface area contributed by atoms with Crippen molar-refractivity contribution in [2.45, 2.75) is 19.9 Å². The molecule has 0 aliphatic rings. The number of allylic oxidation sites excluding steroid dienone is 1. The van der Waals surface area contributed by atoms with E-state index in [9.17, 15) is 4.79 Å². The molecule has 24 heavy (non-hydrogen) atoms. The van der Waals surface area contributed by atoms with E-state index < -0.39 is 0 Å². The second-order valence-corrected chi connectivity index (χ2v) is 4.97. The molecule has 0 radical (unpaired) electrons. The Morgan fingerprint density at radius 2 is 1.88 bits per heavy atom. The van der Waals surface area contributed by atoms with Crippen LogP contribution in [0.25, 0.3) is 5.57 Å². The molecule has 0 spiro atoms. The van der Waals surface area contributed by atoms with Gasteiger partial charge in [-0.1, -0.05) is 30.3 Å². The third-order valence-electron chi connectivity index (χ3n) is 3.39. The minimum absolute atomic E-state index is 0. The number of benzene rings is 1. The van der Waals surface area contributed by atoms with Gasteiger partial charge in [0.2, 0.25) is 0 Å². The molecule has 1 unspecified atom stereocenters. The zero-order valence-electron chi connectivity index (χ0n) is 13.6. The van der Waals surface area contributed by atoms with E-state index in [1.807, 2.05) is 43.3 Å². The summed E-state index contributed by atoms with van der Waals surface area (Å²) in [6.45, 7) is 4.05. The number of carbonyl (C=O) groups excluding carboxylic acids is 1. The summed E-state index contributed by atoms with van der Waals surface area (Å²) in [7, 11) is 0. The first-order valence-corrected chi connectivity index (χ1v) is 7.22. The van der Waals surface area contributed by atoms with Gasteiger partial charge in [0.05, 0.1) is 12.6 Å². The minimum Gasteiger partial charge on any atom is -0.463 e. The molecule has 0 aliphatic heterocycles. The molecule has 1 atom stereocenters. The highest BCUT2D eigenvalue weighted by Crippen LogP contribution is 2.21. The molecular weight excluding hydrogens is 347 g/mol. The quantitative estimate of drug-likeness (QED) is 0.641. The zero-order valence-corrected chi connectivity index (χ0v) is 15.3. The predicted molar refractivity (Wildman–Crippen MR) is 101 cm³/mol. The SMILES string of the molecule is CCOC(=O)C=C(C)c1ccc(C(N)c2cccnc2)cc1.Cl.Cl. The average Bonchev–Trinajstić information content (AvgIpc) is 2.55. The normalized spacial score (nSPS) is 11.7. The summed E-state index contributed by atoms with van der Waals surface area (Å²) in [5.41, 5.74) is 10.0. The average molecular weight is 369 g/mol. The fraction of sp³-hybridized carbons (Fsp3) is 0.222. The predicted octanol–water partition coefficient (Wildman–Crippen LogP) is 3.94. The van der Waals surface area contributed by atoms with Crippen molar-refractivity contribution < 1.29 is 9.53 Å². The number of nitrogens with two attached hydrogens (primary N) is 1. The summed E-state index contributed by atoms with van der Waals surface area (Å²) < 4.78 is 4.91. The first-order chi connectivity index (χ1) is 10.6. The summed E-state index contributed by atoms with van der Waals surface area (Å²) in [4.78, 5) is 15.5. The number of halogens is 2. The van der Waals surface area contributed by atoms with Crippen molar-refractivity contribution in [2.24, 2.45) is 5.73 Å². The van der Waals surface area contributed by atoms with Crippen molar-refractivity contribution in [1.29, 1.82) is 0 Å². The summed E-state index contributed by atoms with van der Waals surface area (Å²) in [5.74, 6) is -0.323. The third kappa shape index (κ3) is 5.96. The maximum atomic E-state index is 11.5. The highest BCUT2D eigenvalue weighted by Gasteiger charge is 2.09. The molecule has 2 N–H and O–H groups in total. The van der Waals surface area contributed by atoms with Crippen molar-refractivity contribution in [3.63, 3.8) is 0 Å². The number of aromatic nitrogens is 1. The van der Waals surface area contributed by atoms with E-state index in [1.165, 1.54) is 6.08 Å². The van der Waals surface area contributed by atoms with E-state index >= 15 is 0 Å². The molecule has 1 aromatic heterocycles. The summed E-state index contributed by atoms with van der Waals surface area (Å²) in [6, 6.07) is 11.5. The van der Waals surface area contributed by atoms with Gasteiger partial charge in [-0.15, -0.1) is 24.8 Å². The molecule has 0 fully saturated rings. The second-order valence-electron chi connectivity index (χ2n) is 4.97. The number of rotatable bonds is 5. The van der Waals surface area contributed by atoms with E-state index in [0.29, 0.717) is 6.61 Å². The van der Waals surface area contributed by atoms with Gasteiger partial charge < -0.3 is 10.5 Å². The van der Waals surface area contributed by atoms with E-state index in [4.69, 9.17) is 10.5 Å². The van der Waals surface area contributed by atoms with Crippen LogP contribution in [0.4, 0.5) is 0 Å². The van der Waals surface area contributed by atoms with Gasteiger partial charge in [-0.05, 0) is 42.2 Å². The molecule has 0 aliphatic carbocycles. The number of nitrogens with zero attached hydrogens (tertiary/aromatic N) is 1. The molecule has 0 saturated carbocycles. The molecule has 1 heterocycles. The van der Waals surface area contributed by atoms with E-state index in [1.54, 1.807) is 19.3 Å². The standard InChI is InChI=1S/C18H20N2O2.2ClH/c1-3-22-17(21)11-13(2)14-6-8-15(9-7-14)18(19)16-5-4-10-20-12-16;;/h4-12,18H,3,19H2,1-2H3;2*1H. The molecule has 0 saturated heterocycles. The molecule has 0 bridgehead atoms. The number of esters is 1. The lowest BCUT2D eigenvalue weighted by atomic mass is 9.98. The Morgan fingerprint density at radius 1 is 1.21 bits per heavy atom. The van der Waals surface area contributed by atoms with Crippen molar-refractivity contribution in [3.05, 3.63) is 71.6 Å². The Labute approximate surface area is 154 Å². The van der Waals surface area contributed by atoms with E-state index in [-0.39, 0.29) is 36.8 Å². The largest absolute Gasteiger partial charge is 0.463 e. The van der Waals surface area contributed by atoms with Gasteiger partial charge in [0, 0.05) is 18.5 Å². The Kier molecular flexibility index (Phi) is 9.97. The summed E-state index contributed by atoms with van der Waals surface area (Å²) in [5, 5.41) is 0. The molecule has 1 aromatic carbocycles. The molecule has 4 nitrogen and oxygen atoms in total. The highest BCUT2D eigenvalue weighted by atomic mass is 35.5. The number of hydrogen-bond donors (Lipinski definition) is 1. The van der Waals surface area contributed by atoms with E-state index in [2.05, 4.69) is 4.98 Å². The fourth-order valence-electron chi connectivity index (χ4n) is 2.15. The van der Waals surface area contributed by atoms with Gasteiger partial charge in [0.25, 0.3) is 0 Å². The fourth-order valence-corrected chi connectivity index (χ4v) is 2.15. The lowest BCUT2D eigenvalue weighted by Crippen LogP contribution is -2.11. The maximum Gasteiger partial charge on any atom is 0.331 e. The van der Waals surface area contributed by atoms with Crippen LogP contribution in [0, 0.1) is 0 Å². The van der Waals surface area contributed by atoms with Gasteiger partial charge in [0.1, 0.15) is 0 Å². The lowest BCUT2D eigenvalue weighted by Gasteiger charge is -2.12. The van der Waals surface area contributed by atoms with Crippen LogP contribution in [0.3, 0.4) is 0 Å². The van der Waals surface area contributed by atoms with Crippen LogP contribution in [-0.2, 0) is 9.53 Å². The van der Waals surface area contributed by atoms with Gasteiger partial charge in [0.15, 0.2) is 0 Å². The molecule has 130 valence electrons. The third-order valence-corrected chi connectivity index (χ3v) is 3.39. The van der Waals surface area contributed by atoms with Crippen molar-refractivity contribution >= 4 is 36.4 Å². The number of ether oxygens (including phenoxy) is 1. The van der Waals surface area contributed by atoms with Crippen LogP contribution in [0.15, 0.2) is 54.9 Å². The van der Waals surface area contributed by atoms with Crippen LogP contribution in [0.1, 0.15) is 36.6 Å². The molecule has 0 amide bonds. The Balaban J connectivity index is 0.00000264. The lowest BCUT2D eigenvalue weighted by molar-refractivity contribution is -0.137. The number of pyridine rings is 1. The molecule has 2 rings (SSSR count). The van der Waals surface area contributed by atoms with Crippen LogP contribution >= 0.6 is 24.8 Å². The monoisotopic (exact) mass is 368 g/mol. The van der Waals surface area contributed by atoms with Crippen molar-refractivity contribution in [3.8, 4) is 0 Å². The van der Waals surface area contributed by atoms with Crippen molar-refractivity contribution in [1.82, 2.24) is 4.98 Å². The zero-order chi connectivity index (χ0) is 15.9. The van der Waals surface area contributed by atoms with Crippen LogP contribution in [-0.4, -0.2) is 17.6 Å². The number of carbonyl (C=O) groups is 1. The summed E-state index contributed by atoms with van der Waals surface area (Å²) >= 11 is 0. The second kappa shape index (κ2) is 10.8. The molecule has 6 heteroatoms. The van der Waals surface area contributed by atoms with Crippen LogP contribution in [0.5, 0.6) is 0 Å². The van der Waals surface area contributed by atoms with Crippen LogP contribution < -0.4 is 5.73 Å². The Bertz CT molecular complexity index is 658. The van der Waals surface area contributed by atoms with Gasteiger partial charge in [-0.2, -0.15) is 0 Å². The Hall–Kier alpha value is -1.88. The molecule has 2 aromatic rings. The Morgan fingerprint density at radius 3 is 2.42 bits per heavy atom. The maximum absolute atomic E-state index is 11.5. The highest BCUT2D eigenvalue weighted by molar-refractivity contribution is 5.90. The first-order valence-electron chi connectivity index (χ1n) is 7.22. The van der Waals surface area contributed by atoms with Gasteiger partial charge >= 0.3 is 5.97 Å². The molecular formula is C18H22Cl2N2O2. The topological polar surface area (TPSA) is 65.2 Å². The minimum atomic E-state index is -0.323. The van der Waals surface area contributed by atoms with E-state index in [0.717, 1.165) is 22.3 Å². The van der Waals surface area contributed by atoms with Crippen molar-refractivity contribution in [2.75, 3.05) is 6.61 Å². The first kappa shape index (κ1) is 22.1. The number of hydrogen-bond acceptors (Lipinski definition) is 4. The van der Waals surface area contributed by atoms with Gasteiger partial charge in [-0.3, -0.25) is 4.98 Å². The summed E-state index contributed by atoms with van der Waals surface area (Å²) in [6.07, 6.45) is 4.99. The van der Waals surface area contributed by atoms with Crippen LogP contribution in [0.2, 0.25) is 0 Å². The van der Waals surface area contributed by atoms with Gasteiger partial charge in [-0.25, -0.2) is 4.79 Å².